The summed E-state index contributed by atoms with van der Waals surface area (Å²) >= 11 is 4.22. The van der Waals surface area contributed by atoms with Gasteiger partial charge in [0.25, 0.3) is 0 Å². The summed E-state index contributed by atoms with van der Waals surface area (Å²) in [4.78, 5) is 0. The van der Waals surface area contributed by atoms with Crippen LogP contribution in [0.5, 0.6) is 0 Å². The van der Waals surface area contributed by atoms with Crippen LogP contribution in [0.15, 0.2) is 42.3 Å². The van der Waals surface area contributed by atoms with Gasteiger partial charge < -0.3 is 5.32 Å². The Bertz CT molecular complexity index is 550. The zero-order valence-electron chi connectivity index (χ0n) is 11.1. The van der Waals surface area contributed by atoms with Crippen LogP contribution >= 0.6 is 12.6 Å². The molecule has 0 aromatic heterocycles. The molecule has 0 aliphatic carbocycles. The fraction of sp³-hybridized carbons (Fsp3) is 0.250. The van der Waals surface area contributed by atoms with Gasteiger partial charge in [0.2, 0.25) is 0 Å². The van der Waals surface area contributed by atoms with Crippen molar-refractivity contribution >= 4 is 29.5 Å². The van der Waals surface area contributed by atoms with Gasteiger partial charge in [0, 0.05) is 11.3 Å². The Morgan fingerprint density at radius 1 is 1.39 bits per heavy atom. The molecule has 0 saturated carbocycles. The summed E-state index contributed by atoms with van der Waals surface area (Å²) in [7, 11) is 0. The second-order valence-electron chi connectivity index (χ2n) is 5.22. The second-order valence-corrected chi connectivity index (χ2v) is 5.48. The zero-order chi connectivity index (χ0) is 13.3. The Morgan fingerprint density at radius 2 is 2.11 bits per heavy atom. The molecule has 1 aromatic rings. The van der Waals surface area contributed by atoms with E-state index in [2.05, 4.69) is 69.6 Å². The highest BCUT2D eigenvalue weighted by Gasteiger charge is 2.22. The monoisotopic (exact) mass is 257 g/mol. The summed E-state index contributed by atoms with van der Waals surface area (Å²) in [5.41, 5.74) is 5.94. The highest BCUT2D eigenvalue weighted by Crippen LogP contribution is 2.35. The number of hydrogen-bond acceptors (Lipinski definition) is 2. The Hall–Kier alpha value is -1.41. The van der Waals surface area contributed by atoms with Crippen LogP contribution in [0.25, 0.3) is 11.1 Å². The lowest BCUT2D eigenvalue weighted by Gasteiger charge is -2.31. The number of rotatable bonds is 2. The fourth-order valence-corrected chi connectivity index (χ4v) is 2.66. The number of thiol groups is 1. The number of benzene rings is 1. The Labute approximate surface area is 115 Å². The lowest BCUT2D eigenvalue weighted by atomic mass is 9.89. The van der Waals surface area contributed by atoms with Crippen LogP contribution < -0.4 is 5.32 Å². The normalized spacial score (nSPS) is 17.6. The maximum absolute atomic E-state index is 4.22. The number of nitrogens with one attached hydrogen (secondary N) is 1. The third kappa shape index (κ3) is 2.39. The predicted molar refractivity (Wildman–Crippen MR) is 85.0 cm³/mol. The highest BCUT2D eigenvalue weighted by atomic mass is 32.1. The smallest absolute Gasteiger partial charge is 0.0505 e. The SMILES string of the molecule is C=C/C(=C\S)c1ccc2c(c1)C(C)=CC(C)(C)N2. The summed E-state index contributed by atoms with van der Waals surface area (Å²) in [6, 6.07) is 6.42. The van der Waals surface area contributed by atoms with E-state index in [1.807, 2.05) is 6.08 Å². The van der Waals surface area contributed by atoms with Gasteiger partial charge in [-0.2, -0.15) is 12.6 Å². The lowest BCUT2D eigenvalue weighted by molar-refractivity contribution is 0.707. The molecule has 0 radical (unpaired) electrons. The summed E-state index contributed by atoms with van der Waals surface area (Å²) in [6.45, 7) is 10.3. The van der Waals surface area contributed by atoms with Crippen LogP contribution in [-0.2, 0) is 0 Å². The van der Waals surface area contributed by atoms with E-state index in [4.69, 9.17) is 0 Å². The van der Waals surface area contributed by atoms with Crippen molar-refractivity contribution < 1.29 is 0 Å². The third-order valence-electron chi connectivity index (χ3n) is 3.17. The van der Waals surface area contributed by atoms with Crippen molar-refractivity contribution in [2.75, 3.05) is 5.32 Å². The number of anilines is 1. The van der Waals surface area contributed by atoms with E-state index in [1.54, 1.807) is 5.41 Å². The molecular formula is C16H19NS. The summed E-state index contributed by atoms with van der Waals surface area (Å²) in [5, 5.41) is 5.31. The van der Waals surface area contributed by atoms with Crippen molar-refractivity contribution in [1.29, 1.82) is 0 Å². The quantitative estimate of drug-likeness (QED) is 0.575. The van der Waals surface area contributed by atoms with Gasteiger partial charge in [0.1, 0.15) is 0 Å². The summed E-state index contributed by atoms with van der Waals surface area (Å²) in [5.74, 6) is 0. The lowest BCUT2D eigenvalue weighted by Crippen LogP contribution is -2.31. The Kier molecular flexibility index (Phi) is 3.40. The molecule has 0 amide bonds. The van der Waals surface area contributed by atoms with Crippen molar-refractivity contribution in [2.45, 2.75) is 26.3 Å². The van der Waals surface area contributed by atoms with Gasteiger partial charge in [0.15, 0.2) is 0 Å². The van der Waals surface area contributed by atoms with Crippen LogP contribution in [0, 0.1) is 0 Å². The zero-order valence-corrected chi connectivity index (χ0v) is 12.0. The number of fused-ring (bicyclic) bond motifs is 1. The number of allylic oxidation sites excluding steroid dienone is 3. The van der Waals surface area contributed by atoms with Gasteiger partial charge in [-0.05, 0) is 55.0 Å². The molecule has 1 aliphatic rings. The molecule has 18 heavy (non-hydrogen) atoms. The minimum Gasteiger partial charge on any atom is -0.376 e. The standard InChI is InChI=1S/C16H19NS/c1-5-12(10-18)13-6-7-15-14(8-13)11(2)9-16(3,4)17-15/h5-10,17-18H,1H2,2-4H3/b12-10+. The summed E-state index contributed by atoms with van der Waals surface area (Å²) < 4.78 is 0. The largest absolute Gasteiger partial charge is 0.376 e. The minimum atomic E-state index is 0.0131. The maximum atomic E-state index is 4.22. The van der Waals surface area contributed by atoms with Crippen LogP contribution in [0.4, 0.5) is 5.69 Å². The summed E-state index contributed by atoms with van der Waals surface area (Å²) in [6.07, 6.45) is 4.09. The van der Waals surface area contributed by atoms with Crippen molar-refractivity contribution in [1.82, 2.24) is 0 Å². The number of hydrogen-bond donors (Lipinski definition) is 2. The molecule has 0 saturated heterocycles. The molecule has 0 atom stereocenters. The molecule has 0 bridgehead atoms. The first-order chi connectivity index (χ1) is 8.46. The average Bonchev–Trinajstić information content (AvgIpc) is 2.30. The third-order valence-corrected chi connectivity index (χ3v) is 3.45. The first-order valence-electron chi connectivity index (χ1n) is 6.06. The van der Waals surface area contributed by atoms with Gasteiger partial charge in [-0.3, -0.25) is 0 Å². The van der Waals surface area contributed by atoms with Gasteiger partial charge in [-0.1, -0.05) is 24.8 Å². The van der Waals surface area contributed by atoms with E-state index < -0.39 is 0 Å². The highest BCUT2D eigenvalue weighted by molar-refractivity contribution is 7.83. The molecule has 0 spiro atoms. The van der Waals surface area contributed by atoms with E-state index >= 15 is 0 Å². The van der Waals surface area contributed by atoms with Crippen LogP contribution in [0.3, 0.4) is 0 Å². The van der Waals surface area contributed by atoms with Gasteiger partial charge in [-0.15, -0.1) is 0 Å². The second kappa shape index (κ2) is 4.69. The maximum Gasteiger partial charge on any atom is 0.0505 e. The first kappa shape index (κ1) is 13.0. The molecule has 1 N–H and O–H groups in total. The molecule has 0 fully saturated rings. The Balaban J connectivity index is 2.52. The molecule has 94 valence electrons. The van der Waals surface area contributed by atoms with Crippen LogP contribution in [0.2, 0.25) is 0 Å². The van der Waals surface area contributed by atoms with Gasteiger partial charge in [-0.25, -0.2) is 0 Å². The first-order valence-corrected chi connectivity index (χ1v) is 6.58. The van der Waals surface area contributed by atoms with Gasteiger partial charge in [0.05, 0.1) is 5.54 Å². The van der Waals surface area contributed by atoms with E-state index in [0.717, 1.165) is 11.1 Å². The molecule has 1 heterocycles. The molecule has 1 aliphatic heterocycles. The fourth-order valence-electron chi connectivity index (χ4n) is 2.41. The topological polar surface area (TPSA) is 12.0 Å². The molecule has 1 nitrogen and oxygen atoms in total. The molecule has 1 aromatic carbocycles. The van der Waals surface area contributed by atoms with Crippen LogP contribution in [-0.4, -0.2) is 5.54 Å². The van der Waals surface area contributed by atoms with Gasteiger partial charge >= 0.3 is 0 Å². The van der Waals surface area contributed by atoms with Crippen molar-refractivity contribution in [3.63, 3.8) is 0 Å². The minimum absolute atomic E-state index is 0.0131. The van der Waals surface area contributed by atoms with E-state index in [-0.39, 0.29) is 5.54 Å². The van der Waals surface area contributed by atoms with Crippen molar-refractivity contribution in [2.24, 2.45) is 0 Å². The molecule has 0 unspecified atom stereocenters. The van der Waals surface area contributed by atoms with E-state index in [1.165, 1.54) is 16.8 Å². The average molecular weight is 257 g/mol. The molecular weight excluding hydrogens is 238 g/mol. The van der Waals surface area contributed by atoms with Crippen LogP contribution in [0.1, 0.15) is 31.9 Å². The molecule has 2 heteroatoms. The Morgan fingerprint density at radius 3 is 2.72 bits per heavy atom. The predicted octanol–water partition coefficient (Wildman–Crippen LogP) is 4.75. The molecule has 2 rings (SSSR count). The van der Waals surface area contributed by atoms with E-state index in [0.29, 0.717) is 0 Å². The van der Waals surface area contributed by atoms with Crippen molar-refractivity contribution in [3.8, 4) is 0 Å². The van der Waals surface area contributed by atoms with Crippen molar-refractivity contribution in [3.05, 3.63) is 53.5 Å². The van der Waals surface area contributed by atoms with E-state index in [9.17, 15) is 0 Å².